The van der Waals surface area contributed by atoms with Crippen molar-refractivity contribution in [3.63, 3.8) is 0 Å². The van der Waals surface area contributed by atoms with E-state index in [4.69, 9.17) is 0 Å². The standard InChI is InChI=1S/C14H10Br.3ClH.Zr/c1-9-6-11-8-10-4-2-3-5-12(10)14(15)13(11)7-9;;;;/h2-8H,1H3;3*1H;/q;;;;+3/p-3. The minimum atomic E-state index is 0. The van der Waals surface area contributed by atoms with Crippen LogP contribution in [0.25, 0.3) is 16.8 Å². The molecule has 19 heavy (non-hydrogen) atoms. The summed E-state index contributed by atoms with van der Waals surface area (Å²) in [6, 6.07) is 10.9. The zero-order valence-corrected chi connectivity index (χ0v) is 16.4. The molecule has 0 saturated heterocycles. The maximum Gasteiger partial charge on any atom is -1.00 e. The Labute approximate surface area is 155 Å². The first-order valence-corrected chi connectivity index (χ1v) is 7.50. The Bertz CT molecular complexity index is 625. The third-order valence-corrected chi connectivity index (χ3v) is 5.93. The molecule has 0 N–H and O–H groups in total. The molecule has 0 aromatic heterocycles. The minimum Gasteiger partial charge on any atom is -1.00 e. The number of halogens is 4. The van der Waals surface area contributed by atoms with Crippen LogP contribution in [-0.4, -0.2) is 0 Å². The number of hydrogen-bond acceptors (Lipinski definition) is 0. The van der Waals surface area contributed by atoms with Gasteiger partial charge < -0.3 is 37.2 Å². The van der Waals surface area contributed by atoms with Gasteiger partial charge in [0.25, 0.3) is 0 Å². The van der Waals surface area contributed by atoms with Crippen molar-refractivity contribution in [2.24, 2.45) is 0 Å². The number of allylic oxidation sites excluding steroid dienone is 1. The molecule has 0 fully saturated rings. The van der Waals surface area contributed by atoms with Crippen molar-refractivity contribution in [1.29, 1.82) is 0 Å². The molecule has 3 rings (SSSR count). The van der Waals surface area contributed by atoms with Crippen LogP contribution in [-0.2, 0) is 24.7 Å². The molecule has 2 aromatic carbocycles. The van der Waals surface area contributed by atoms with Crippen molar-refractivity contribution < 1.29 is 61.9 Å². The fraction of sp³-hybridized carbons (Fsp3) is 0.143. The summed E-state index contributed by atoms with van der Waals surface area (Å²) in [5.41, 5.74) is 4.36. The first-order valence-electron chi connectivity index (χ1n) is 5.29. The maximum atomic E-state index is 3.75. The number of rotatable bonds is 0. The monoisotopic (exact) mass is 452 g/mol. The molecule has 1 aliphatic rings. The second-order valence-electron chi connectivity index (χ2n) is 4.24. The van der Waals surface area contributed by atoms with Crippen LogP contribution in [0.2, 0.25) is 0 Å². The van der Waals surface area contributed by atoms with Gasteiger partial charge in [-0.3, -0.25) is 0 Å². The summed E-state index contributed by atoms with van der Waals surface area (Å²) >= 11 is 5.33. The number of benzene rings is 2. The van der Waals surface area contributed by atoms with Crippen molar-refractivity contribution >= 4 is 32.8 Å². The van der Waals surface area contributed by atoms with Gasteiger partial charge in [0.05, 0.1) is 0 Å². The summed E-state index contributed by atoms with van der Waals surface area (Å²) in [7, 11) is 0. The molecular weight excluding hydrogens is 446 g/mol. The van der Waals surface area contributed by atoms with E-state index in [2.05, 4.69) is 59.3 Å². The fourth-order valence-electron chi connectivity index (χ4n) is 2.28. The summed E-state index contributed by atoms with van der Waals surface area (Å²) in [6.45, 7) is 2.23. The first kappa shape index (κ1) is 19.7. The normalized spacial score (nSPS) is 15.8. The molecule has 0 heterocycles. The largest absolute Gasteiger partial charge is 1.00 e. The van der Waals surface area contributed by atoms with Crippen molar-refractivity contribution in [3.8, 4) is 0 Å². The summed E-state index contributed by atoms with van der Waals surface area (Å²) in [6.07, 6.45) is 2.32. The van der Waals surface area contributed by atoms with Crippen LogP contribution >= 0.6 is 15.9 Å². The maximum absolute atomic E-state index is 3.75. The van der Waals surface area contributed by atoms with Crippen molar-refractivity contribution in [2.45, 2.75) is 10.5 Å². The predicted molar refractivity (Wildman–Crippen MR) is 68.0 cm³/mol. The van der Waals surface area contributed by atoms with E-state index in [0.29, 0.717) is 3.63 Å². The van der Waals surface area contributed by atoms with Gasteiger partial charge in [-0.15, -0.1) is 0 Å². The van der Waals surface area contributed by atoms with Crippen LogP contribution < -0.4 is 37.2 Å². The Balaban J connectivity index is 0.00000108. The molecule has 98 valence electrons. The van der Waals surface area contributed by atoms with Crippen molar-refractivity contribution in [2.75, 3.05) is 0 Å². The van der Waals surface area contributed by atoms with E-state index in [-0.39, 0.29) is 37.2 Å². The molecule has 2 aromatic rings. The van der Waals surface area contributed by atoms with Gasteiger partial charge in [-0.1, -0.05) is 0 Å². The summed E-state index contributed by atoms with van der Waals surface area (Å²) in [5.74, 6) is 0. The van der Waals surface area contributed by atoms with Crippen LogP contribution in [0.1, 0.15) is 21.7 Å². The van der Waals surface area contributed by atoms with E-state index < -0.39 is 0 Å². The Kier molecular flexibility index (Phi) is 7.89. The molecule has 1 aliphatic carbocycles. The molecular formula is C14H10BrCl3Zr. The zero-order chi connectivity index (χ0) is 11.3. The molecule has 0 nitrogen and oxygen atoms in total. The van der Waals surface area contributed by atoms with Crippen LogP contribution in [0.15, 0.2) is 40.4 Å². The molecule has 0 amide bonds. The summed E-state index contributed by atoms with van der Waals surface area (Å²) in [5, 5.41) is 2.65. The van der Waals surface area contributed by atoms with Crippen LogP contribution in [0.4, 0.5) is 0 Å². The molecule has 0 spiro atoms. The molecule has 0 saturated carbocycles. The van der Waals surface area contributed by atoms with Gasteiger partial charge in [0.15, 0.2) is 0 Å². The minimum absolute atomic E-state index is 0. The summed E-state index contributed by atoms with van der Waals surface area (Å²) < 4.78 is 1.90. The van der Waals surface area contributed by atoms with E-state index in [9.17, 15) is 0 Å². The van der Waals surface area contributed by atoms with Gasteiger partial charge in [0, 0.05) is 0 Å². The Morgan fingerprint density at radius 1 is 1.11 bits per heavy atom. The van der Waals surface area contributed by atoms with E-state index in [1.807, 2.05) is 0 Å². The zero-order valence-electron chi connectivity index (χ0n) is 10.1. The topological polar surface area (TPSA) is 0 Å². The molecule has 0 radical (unpaired) electrons. The average molecular weight is 456 g/mol. The van der Waals surface area contributed by atoms with E-state index >= 15 is 0 Å². The second-order valence-corrected chi connectivity index (χ2v) is 6.45. The quantitative estimate of drug-likeness (QED) is 0.377. The smallest absolute Gasteiger partial charge is 1.00 e. The van der Waals surface area contributed by atoms with Gasteiger partial charge in [0.2, 0.25) is 0 Å². The van der Waals surface area contributed by atoms with Crippen molar-refractivity contribution in [3.05, 3.63) is 51.5 Å². The second kappa shape index (κ2) is 7.62. The predicted octanol–water partition coefficient (Wildman–Crippen LogP) is -4.38. The van der Waals surface area contributed by atoms with Gasteiger partial charge in [-0.05, 0) is 0 Å². The van der Waals surface area contributed by atoms with Gasteiger partial charge in [0.1, 0.15) is 0 Å². The Hall–Kier alpha value is 0.673. The number of fused-ring (bicyclic) bond motifs is 2. The van der Waals surface area contributed by atoms with Crippen LogP contribution in [0, 0.1) is 0 Å². The van der Waals surface area contributed by atoms with Crippen molar-refractivity contribution in [1.82, 2.24) is 0 Å². The third kappa shape index (κ3) is 3.30. The average Bonchev–Trinajstić information content (AvgIpc) is 2.58. The van der Waals surface area contributed by atoms with Gasteiger partial charge >= 0.3 is 120 Å². The fourth-order valence-corrected chi connectivity index (χ4v) is 3.78. The van der Waals surface area contributed by atoms with Crippen LogP contribution in [0.5, 0.6) is 0 Å². The number of hydrogen-bond donors (Lipinski definition) is 0. The molecule has 0 aliphatic heterocycles. The van der Waals surface area contributed by atoms with E-state index in [1.54, 1.807) is 24.7 Å². The molecule has 5 heteroatoms. The van der Waals surface area contributed by atoms with E-state index in [0.717, 1.165) is 0 Å². The van der Waals surface area contributed by atoms with E-state index in [1.165, 1.54) is 31.9 Å². The van der Waals surface area contributed by atoms with Gasteiger partial charge in [-0.2, -0.15) is 0 Å². The Morgan fingerprint density at radius 3 is 2.42 bits per heavy atom. The SMILES string of the molecule is CC1=Cc2c(cc3ccccc3c2Br)[CH]1[Zr+3].[Cl-].[Cl-].[Cl-]. The molecule has 1 unspecified atom stereocenters. The molecule has 0 bridgehead atoms. The molecule has 1 atom stereocenters. The third-order valence-electron chi connectivity index (χ3n) is 3.19. The summed E-state index contributed by atoms with van der Waals surface area (Å²) in [4.78, 5) is 0. The first-order chi connectivity index (χ1) is 7.68. The van der Waals surface area contributed by atoms with Crippen LogP contribution in [0.3, 0.4) is 0 Å². The van der Waals surface area contributed by atoms with Gasteiger partial charge in [-0.25, -0.2) is 0 Å². The Morgan fingerprint density at radius 2 is 1.74 bits per heavy atom.